The number of benzene rings is 1. The number of anilines is 1. The Bertz CT molecular complexity index is 613. The van der Waals surface area contributed by atoms with Gasteiger partial charge in [0.25, 0.3) is 0 Å². The molecule has 1 heterocycles. The summed E-state index contributed by atoms with van der Waals surface area (Å²) in [6, 6.07) is 6.19. The lowest BCUT2D eigenvalue weighted by atomic mass is 10.2. The molecule has 1 aliphatic rings. The van der Waals surface area contributed by atoms with Crippen LogP contribution in [0.25, 0.3) is 0 Å². The maximum Gasteiger partial charge on any atom is 0.244 e. The lowest BCUT2D eigenvalue weighted by Gasteiger charge is -2.31. The molecule has 0 atom stereocenters. The summed E-state index contributed by atoms with van der Waals surface area (Å²) in [4.78, 5) is 2.11. The third-order valence-electron chi connectivity index (χ3n) is 3.20. The molecule has 0 unspecified atom stereocenters. The van der Waals surface area contributed by atoms with E-state index >= 15 is 0 Å². The second-order valence-electron chi connectivity index (χ2n) is 4.57. The minimum absolute atomic E-state index is 0.0359. The molecule has 6 nitrogen and oxygen atoms in total. The first-order valence-corrected chi connectivity index (χ1v) is 7.37. The van der Waals surface area contributed by atoms with Gasteiger partial charge in [0, 0.05) is 31.9 Å². The van der Waals surface area contributed by atoms with Crippen LogP contribution in [0, 0.1) is 11.3 Å². The van der Waals surface area contributed by atoms with Crippen molar-refractivity contribution in [1.29, 1.82) is 5.26 Å². The SMILES string of the molecule is CN1CCN(S(=O)(=O)c2ccc(N)cc2C#N)CC1. The lowest BCUT2D eigenvalue weighted by Crippen LogP contribution is -2.47. The van der Waals surface area contributed by atoms with Crippen LogP contribution in [0.5, 0.6) is 0 Å². The van der Waals surface area contributed by atoms with Crippen LogP contribution < -0.4 is 5.73 Å². The zero-order chi connectivity index (χ0) is 14.0. The highest BCUT2D eigenvalue weighted by Gasteiger charge is 2.29. The van der Waals surface area contributed by atoms with Crippen molar-refractivity contribution in [3.05, 3.63) is 23.8 Å². The Balaban J connectivity index is 2.38. The molecule has 7 heteroatoms. The Labute approximate surface area is 113 Å². The summed E-state index contributed by atoms with van der Waals surface area (Å²) in [7, 11) is -1.66. The number of piperazine rings is 1. The van der Waals surface area contributed by atoms with Crippen molar-refractivity contribution in [1.82, 2.24) is 9.21 Å². The molecule has 19 heavy (non-hydrogen) atoms. The third-order valence-corrected chi connectivity index (χ3v) is 5.16. The first kappa shape index (κ1) is 13.8. The summed E-state index contributed by atoms with van der Waals surface area (Å²) >= 11 is 0. The van der Waals surface area contributed by atoms with E-state index in [1.807, 2.05) is 13.1 Å². The highest BCUT2D eigenvalue weighted by molar-refractivity contribution is 7.89. The van der Waals surface area contributed by atoms with Crippen molar-refractivity contribution in [2.45, 2.75) is 4.90 Å². The van der Waals surface area contributed by atoms with Gasteiger partial charge < -0.3 is 10.6 Å². The largest absolute Gasteiger partial charge is 0.399 e. The molecule has 102 valence electrons. The molecule has 0 bridgehead atoms. The van der Waals surface area contributed by atoms with E-state index in [1.165, 1.54) is 22.5 Å². The highest BCUT2D eigenvalue weighted by Crippen LogP contribution is 2.22. The molecule has 1 aromatic carbocycles. The highest BCUT2D eigenvalue weighted by atomic mass is 32.2. The molecule has 0 spiro atoms. The topological polar surface area (TPSA) is 90.4 Å². The molecule has 0 radical (unpaired) electrons. The van der Waals surface area contributed by atoms with Crippen LogP contribution in [0.2, 0.25) is 0 Å². The van der Waals surface area contributed by atoms with E-state index in [-0.39, 0.29) is 10.5 Å². The molecule has 2 rings (SSSR count). The van der Waals surface area contributed by atoms with Crippen molar-refractivity contribution in [3.8, 4) is 6.07 Å². The van der Waals surface area contributed by atoms with Crippen LogP contribution in [0.4, 0.5) is 5.69 Å². The van der Waals surface area contributed by atoms with Gasteiger partial charge in [0.1, 0.15) is 11.0 Å². The normalized spacial score (nSPS) is 18.1. The summed E-state index contributed by atoms with van der Waals surface area (Å²) in [6.45, 7) is 2.26. The molecular formula is C12H16N4O2S. The van der Waals surface area contributed by atoms with E-state index in [9.17, 15) is 8.42 Å². The van der Waals surface area contributed by atoms with Crippen LogP contribution in [0.3, 0.4) is 0 Å². The zero-order valence-electron chi connectivity index (χ0n) is 10.7. The quantitative estimate of drug-likeness (QED) is 0.775. The maximum absolute atomic E-state index is 12.5. The summed E-state index contributed by atoms with van der Waals surface area (Å²) in [5, 5.41) is 9.05. The van der Waals surface area contributed by atoms with Crippen molar-refractivity contribution >= 4 is 15.7 Å². The van der Waals surface area contributed by atoms with E-state index in [1.54, 1.807) is 0 Å². The number of nitrogens with two attached hydrogens (primary N) is 1. The standard InChI is InChI=1S/C12H16N4O2S/c1-15-4-6-16(7-5-15)19(17,18)12-3-2-11(14)8-10(12)9-13/h2-3,8H,4-7,14H2,1H3. The van der Waals surface area contributed by atoms with Gasteiger partial charge in [-0.15, -0.1) is 0 Å². The van der Waals surface area contributed by atoms with Gasteiger partial charge in [0.05, 0.1) is 5.56 Å². The van der Waals surface area contributed by atoms with Crippen LogP contribution in [0.15, 0.2) is 23.1 Å². The average Bonchev–Trinajstić information content (AvgIpc) is 2.38. The molecule has 1 aromatic rings. The predicted molar refractivity (Wildman–Crippen MR) is 71.8 cm³/mol. The van der Waals surface area contributed by atoms with Gasteiger partial charge >= 0.3 is 0 Å². The monoisotopic (exact) mass is 280 g/mol. The van der Waals surface area contributed by atoms with Gasteiger partial charge in [-0.3, -0.25) is 0 Å². The fraction of sp³-hybridized carbons (Fsp3) is 0.417. The number of sulfonamides is 1. The number of nitriles is 1. The lowest BCUT2D eigenvalue weighted by molar-refractivity contribution is 0.222. The Morgan fingerprint density at radius 3 is 2.47 bits per heavy atom. The molecule has 2 N–H and O–H groups in total. The van der Waals surface area contributed by atoms with Gasteiger partial charge in [0.2, 0.25) is 10.0 Å². The minimum Gasteiger partial charge on any atom is -0.399 e. The van der Waals surface area contributed by atoms with Crippen LogP contribution >= 0.6 is 0 Å². The van der Waals surface area contributed by atoms with E-state index in [0.29, 0.717) is 31.9 Å². The van der Waals surface area contributed by atoms with E-state index in [0.717, 1.165) is 0 Å². The van der Waals surface area contributed by atoms with Crippen LogP contribution in [0.1, 0.15) is 5.56 Å². The third kappa shape index (κ3) is 2.71. The summed E-state index contributed by atoms with van der Waals surface area (Å²) in [6.07, 6.45) is 0. The van der Waals surface area contributed by atoms with Crippen LogP contribution in [-0.4, -0.2) is 50.8 Å². The number of hydrogen-bond acceptors (Lipinski definition) is 5. The Morgan fingerprint density at radius 2 is 1.89 bits per heavy atom. The van der Waals surface area contributed by atoms with Crippen LogP contribution in [-0.2, 0) is 10.0 Å². The molecule has 0 saturated carbocycles. The average molecular weight is 280 g/mol. The Morgan fingerprint density at radius 1 is 1.26 bits per heavy atom. The summed E-state index contributed by atoms with van der Waals surface area (Å²) in [5.41, 5.74) is 6.06. The molecule has 1 saturated heterocycles. The first-order valence-electron chi connectivity index (χ1n) is 5.93. The predicted octanol–water partition coefficient (Wildman–Crippen LogP) is 0.0766. The van der Waals surface area contributed by atoms with E-state index in [2.05, 4.69) is 4.90 Å². The Kier molecular flexibility index (Phi) is 3.75. The van der Waals surface area contributed by atoms with Crippen molar-refractivity contribution in [2.24, 2.45) is 0 Å². The summed E-state index contributed by atoms with van der Waals surface area (Å²) in [5.74, 6) is 0. The van der Waals surface area contributed by atoms with Crippen molar-refractivity contribution < 1.29 is 8.42 Å². The number of likely N-dealkylation sites (N-methyl/N-ethyl adjacent to an activating group) is 1. The van der Waals surface area contributed by atoms with E-state index < -0.39 is 10.0 Å². The zero-order valence-corrected chi connectivity index (χ0v) is 11.5. The van der Waals surface area contributed by atoms with Gasteiger partial charge in [-0.25, -0.2) is 8.42 Å². The first-order chi connectivity index (χ1) is 8.95. The van der Waals surface area contributed by atoms with E-state index in [4.69, 9.17) is 11.0 Å². The smallest absolute Gasteiger partial charge is 0.244 e. The van der Waals surface area contributed by atoms with Gasteiger partial charge in [-0.2, -0.15) is 9.57 Å². The molecule has 1 aliphatic heterocycles. The second-order valence-corrected chi connectivity index (χ2v) is 6.48. The van der Waals surface area contributed by atoms with Gasteiger partial charge in [0.15, 0.2) is 0 Å². The fourth-order valence-electron chi connectivity index (χ4n) is 2.03. The molecule has 0 aromatic heterocycles. The number of nitrogens with zero attached hydrogens (tertiary/aromatic N) is 3. The maximum atomic E-state index is 12.5. The number of hydrogen-bond donors (Lipinski definition) is 1. The Hall–Kier alpha value is -1.62. The minimum atomic E-state index is -3.62. The molecular weight excluding hydrogens is 264 g/mol. The number of nitrogen functional groups attached to an aromatic ring is 1. The van der Waals surface area contributed by atoms with Gasteiger partial charge in [-0.05, 0) is 25.2 Å². The molecule has 1 fully saturated rings. The number of rotatable bonds is 2. The summed E-state index contributed by atoms with van der Waals surface area (Å²) < 4.78 is 26.4. The molecule has 0 aliphatic carbocycles. The fourth-order valence-corrected chi connectivity index (χ4v) is 3.57. The van der Waals surface area contributed by atoms with Crippen molar-refractivity contribution in [3.63, 3.8) is 0 Å². The molecule has 0 amide bonds. The van der Waals surface area contributed by atoms with Crippen molar-refractivity contribution in [2.75, 3.05) is 39.0 Å². The van der Waals surface area contributed by atoms with Gasteiger partial charge in [-0.1, -0.05) is 0 Å². The second kappa shape index (κ2) is 5.17.